The molecule has 1 fully saturated rings. The van der Waals surface area contributed by atoms with Crippen molar-refractivity contribution in [2.75, 3.05) is 12.4 Å². The molecular formula is C14H21ClIN3O. The van der Waals surface area contributed by atoms with Crippen molar-refractivity contribution in [3.63, 3.8) is 0 Å². The lowest BCUT2D eigenvalue weighted by Gasteiger charge is -2.41. The van der Waals surface area contributed by atoms with Crippen LogP contribution in [-0.2, 0) is 0 Å². The summed E-state index contributed by atoms with van der Waals surface area (Å²) >= 11 is 6.06. The topological polar surface area (TPSA) is 59.6 Å². The van der Waals surface area contributed by atoms with Gasteiger partial charge in [0.15, 0.2) is 5.96 Å². The van der Waals surface area contributed by atoms with Gasteiger partial charge in [-0.1, -0.05) is 25.4 Å². The molecule has 1 aliphatic rings. The molecular weight excluding hydrogens is 389 g/mol. The highest BCUT2D eigenvalue weighted by molar-refractivity contribution is 14.0. The third-order valence-electron chi connectivity index (χ3n) is 3.68. The molecule has 6 heteroatoms. The maximum atomic E-state index is 6.06. The number of halogens is 2. The Hall–Kier alpha value is -0.690. The van der Waals surface area contributed by atoms with Crippen molar-refractivity contribution in [1.82, 2.24) is 0 Å². The number of hydrogen-bond acceptors (Lipinski definition) is 2. The van der Waals surface area contributed by atoms with Crippen LogP contribution in [0, 0.1) is 5.41 Å². The Kier molecular flexibility index (Phi) is 5.94. The SMILES string of the molecule is COc1ccc(NC(N)=NC2CCC2(C)C)cc1Cl.I. The second-order valence-corrected chi connectivity index (χ2v) is 5.94. The number of rotatable bonds is 3. The zero-order valence-corrected chi connectivity index (χ0v) is 15.0. The van der Waals surface area contributed by atoms with Crippen molar-refractivity contribution in [2.24, 2.45) is 16.1 Å². The number of methoxy groups -OCH3 is 1. The van der Waals surface area contributed by atoms with Gasteiger partial charge in [0, 0.05) is 5.69 Å². The molecule has 0 amide bonds. The third-order valence-corrected chi connectivity index (χ3v) is 3.98. The van der Waals surface area contributed by atoms with Crippen molar-refractivity contribution >= 4 is 47.2 Å². The lowest BCUT2D eigenvalue weighted by Crippen LogP contribution is -2.40. The normalized spacial score (nSPS) is 20.6. The van der Waals surface area contributed by atoms with E-state index < -0.39 is 0 Å². The number of nitrogens with zero attached hydrogens (tertiary/aromatic N) is 1. The number of nitrogens with two attached hydrogens (primary N) is 1. The molecule has 20 heavy (non-hydrogen) atoms. The van der Waals surface area contributed by atoms with Gasteiger partial charge in [0.05, 0.1) is 18.2 Å². The van der Waals surface area contributed by atoms with Crippen LogP contribution < -0.4 is 15.8 Å². The Balaban J connectivity index is 0.00000200. The summed E-state index contributed by atoms with van der Waals surface area (Å²) in [6.07, 6.45) is 2.29. The van der Waals surface area contributed by atoms with Crippen LogP contribution in [-0.4, -0.2) is 19.1 Å². The number of guanidine groups is 1. The molecule has 4 nitrogen and oxygen atoms in total. The highest BCUT2D eigenvalue weighted by Gasteiger charge is 2.38. The quantitative estimate of drug-likeness (QED) is 0.452. The molecule has 1 aromatic carbocycles. The van der Waals surface area contributed by atoms with Crippen molar-refractivity contribution in [1.29, 1.82) is 0 Å². The molecule has 1 saturated carbocycles. The van der Waals surface area contributed by atoms with Gasteiger partial charge in [-0.15, -0.1) is 24.0 Å². The van der Waals surface area contributed by atoms with E-state index in [1.807, 2.05) is 6.07 Å². The van der Waals surface area contributed by atoms with Gasteiger partial charge in [-0.3, -0.25) is 0 Å². The monoisotopic (exact) mass is 409 g/mol. The minimum Gasteiger partial charge on any atom is -0.495 e. The number of nitrogens with one attached hydrogen (secondary N) is 1. The summed E-state index contributed by atoms with van der Waals surface area (Å²) in [6.45, 7) is 4.42. The Morgan fingerprint density at radius 3 is 2.65 bits per heavy atom. The fraction of sp³-hybridized carbons (Fsp3) is 0.500. The molecule has 0 bridgehead atoms. The first-order chi connectivity index (χ1) is 8.92. The van der Waals surface area contributed by atoms with Crippen molar-refractivity contribution in [3.8, 4) is 5.75 Å². The van der Waals surface area contributed by atoms with Gasteiger partial charge < -0.3 is 15.8 Å². The average molecular weight is 410 g/mol. The Morgan fingerprint density at radius 1 is 1.50 bits per heavy atom. The first kappa shape index (κ1) is 17.4. The van der Waals surface area contributed by atoms with Crippen LogP contribution in [0.1, 0.15) is 26.7 Å². The second-order valence-electron chi connectivity index (χ2n) is 5.53. The number of anilines is 1. The van der Waals surface area contributed by atoms with Gasteiger partial charge in [0.1, 0.15) is 5.75 Å². The van der Waals surface area contributed by atoms with Crippen LogP contribution >= 0.6 is 35.6 Å². The van der Waals surface area contributed by atoms with E-state index in [1.165, 1.54) is 6.42 Å². The van der Waals surface area contributed by atoms with E-state index in [1.54, 1.807) is 19.2 Å². The largest absolute Gasteiger partial charge is 0.495 e. The third kappa shape index (κ3) is 3.91. The molecule has 0 heterocycles. The van der Waals surface area contributed by atoms with E-state index in [0.717, 1.165) is 12.1 Å². The predicted octanol–water partition coefficient (Wildman–Crippen LogP) is 3.88. The van der Waals surface area contributed by atoms with Crippen molar-refractivity contribution in [3.05, 3.63) is 23.2 Å². The van der Waals surface area contributed by atoms with Crippen LogP contribution in [0.5, 0.6) is 5.75 Å². The standard InChI is InChI=1S/C14H20ClN3O.HI/c1-14(2)7-6-12(14)18-13(16)17-9-4-5-11(19-3)10(15)8-9;/h4-5,8,12H,6-7H2,1-3H3,(H3,16,17,18);1H. The van der Waals surface area contributed by atoms with Crippen LogP contribution in [0.4, 0.5) is 5.69 Å². The smallest absolute Gasteiger partial charge is 0.193 e. The zero-order chi connectivity index (χ0) is 14.0. The molecule has 3 N–H and O–H groups in total. The molecule has 112 valence electrons. The summed E-state index contributed by atoms with van der Waals surface area (Å²) < 4.78 is 5.10. The van der Waals surface area contributed by atoms with Crippen LogP contribution in [0.3, 0.4) is 0 Å². The molecule has 1 aliphatic carbocycles. The fourth-order valence-electron chi connectivity index (χ4n) is 2.18. The second kappa shape index (κ2) is 6.85. The minimum atomic E-state index is 0. The highest BCUT2D eigenvalue weighted by atomic mass is 127. The van der Waals surface area contributed by atoms with Gasteiger partial charge in [-0.25, -0.2) is 4.99 Å². The molecule has 1 unspecified atom stereocenters. The number of aliphatic imine (C=N–C) groups is 1. The lowest BCUT2D eigenvalue weighted by molar-refractivity contribution is 0.145. The van der Waals surface area contributed by atoms with Crippen LogP contribution in [0.25, 0.3) is 0 Å². The van der Waals surface area contributed by atoms with E-state index in [4.69, 9.17) is 22.1 Å². The van der Waals surface area contributed by atoms with Gasteiger partial charge in [0.2, 0.25) is 0 Å². The summed E-state index contributed by atoms with van der Waals surface area (Å²) in [5.41, 5.74) is 6.99. The number of hydrogen-bond donors (Lipinski definition) is 2. The molecule has 0 aliphatic heterocycles. The molecule has 0 radical (unpaired) electrons. The first-order valence-corrected chi connectivity index (χ1v) is 6.74. The highest BCUT2D eigenvalue weighted by Crippen LogP contribution is 2.42. The maximum Gasteiger partial charge on any atom is 0.193 e. The first-order valence-electron chi connectivity index (χ1n) is 6.36. The summed E-state index contributed by atoms with van der Waals surface area (Å²) in [7, 11) is 1.59. The van der Waals surface area contributed by atoms with Gasteiger partial charge in [-0.2, -0.15) is 0 Å². The van der Waals surface area contributed by atoms with Gasteiger partial charge in [-0.05, 0) is 36.5 Å². The van der Waals surface area contributed by atoms with E-state index in [0.29, 0.717) is 22.8 Å². The van der Waals surface area contributed by atoms with E-state index >= 15 is 0 Å². The Bertz CT molecular complexity index is 505. The van der Waals surface area contributed by atoms with Gasteiger partial charge >= 0.3 is 0 Å². The molecule has 0 spiro atoms. The maximum absolute atomic E-state index is 6.06. The van der Waals surface area contributed by atoms with Crippen molar-refractivity contribution < 1.29 is 4.74 Å². The van der Waals surface area contributed by atoms with E-state index in [2.05, 4.69) is 24.2 Å². The fourth-order valence-corrected chi connectivity index (χ4v) is 2.44. The molecule has 2 rings (SSSR count). The van der Waals surface area contributed by atoms with Crippen LogP contribution in [0.2, 0.25) is 5.02 Å². The molecule has 1 aromatic rings. The van der Waals surface area contributed by atoms with E-state index in [9.17, 15) is 0 Å². The predicted molar refractivity (Wildman–Crippen MR) is 95.5 cm³/mol. The molecule has 1 atom stereocenters. The summed E-state index contributed by atoms with van der Waals surface area (Å²) in [6, 6.07) is 5.73. The zero-order valence-electron chi connectivity index (χ0n) is 11.9. The van der Waals surface area contributed by atoms with Crippen LogP contribution in [0.15, 0.2) is 23.2 Å². The molecule has 0 aromatic heterocycles. The number of ether oxygens (including phenoxy) is 1. The van der Waals surface area contributed by atoms with Gasteiger partial charge in [0.25, 0.3) is 0 Å². The summed E-state index contributed by atoms with van der Waals surface area (Å²) in [5.74, 6) is 1.07. The Labute approximate surface area is 142 Å². The lowest BCUT2D eigenvalue weighted by atomic mass is 9.68. The summed E-state index contributed by atoms with van der Waals surface area (Å²) in [5, 5.41) is 3.60. The number of benzene rings is 1. The minimum absolute atomic E-state index is 0. The average Bonchev–Trinajstić information content (AvgIpc) is 2.35. The Morgan fingerprint density at radius 2 is 2.20 bits per heavy atom. The summed E-state index contributed by atoms with van der Waals surface area (Å²) in [4.78, 5) is 4.51. The van der Waals surface area contributed by atoms with Crippen molar-refractivity contribution in [2.45, 2.75) is 32.7 Å². The van der Waals surface area contributed by atoms with E-state index in [-0.39, 0.29) is 29.4 Å². The molecule has 0 saturated heterocycles.